The molecular weight excluding hydrogens is 322 g/mol. The molecule has 0 amide bonds. The Morgan fingerprint density at radius 2 is 1.92 bits per heavy atom. The summed E-state index contributed by atoms with van der Waals surface area (Å²) < 4.78 is 5.41. The van der Waals surface area contributed by atoms with Crippen LogP contribution in [0.25, 0.3) is 0 Å². The van der Waals surface area contributed by atoms with E-state index in [0.29, 0.717) is 12.3 Å². The van der Waals surface area contributed by atoms with Gasteiger partial charge < -0.3 is 4.74 Å². The van der Waals surface area contributed by atoms with E-state index in [2.05, 4.69) is 13.5 Å². The summed E-state index contributed by atoms with van der Waals surface area (Å²) in [7, 11) is 0. The molecule has 0 saturated carbocycles. The number of ether oxygens (including phenoxy) is 1. The van der Waals surface area contributed by atoms with Crippen molar-refractivity contribution in [1.82, 2.24) is 0 Å². The number of nitrogens with zero attached hydrogens (tertiary/aromatic N) is 1. The fourth-order valence-electron chi connectivity index (χ4n) is 2.37. The molecule has 0 aliphatic carbocycles. The van der Waals surface area contributed by atoms with Crippen LogP contribution in [0.4, 0.5) is 5.69 Å². The maximum Gasteiger partial charge on any atom is 0.314 e. The van der Waals surface area contributed by atoms with Gasteiger partial charge in [0.25, 0.3) is 5.69 Å². The van der Waals surface area contributed by atoms with Crippen LogP contribution in [-0.2, 0) is 9.53 Å². The molecule has 0 saturated heterocycles. The second kappa shape index (κ2) is 9.11. The van der Waals surface area contributed by atoms with Gasteiger partial charge in [0, 0.05) is 17.7 Å². The highest BCUT2D eigenvalue weighted by Crippen LogP contribution is 2.21. The number of benzene rings is 1. The first-order chi connectivity index (χ1) is 11.6. The molecule has 1 unspecified atom stereocenters. The Labute approximate surface area is 148 Å². The zero-order valence-electron chi connectivity index (χ0n) is 15.0. The van der Waals surface area contributed by atoms with Gasteiger partial charge in [-0.15, -0.1) is 6.58 Å². The van der Waals surface area contributed by atoms with E-state index >= 15 is 0 Å². The molecule has 0 aromatic heterocycles. The van der Waals surface area contributed by atoms with Crippen molar-refractivity contribution in [2.45, 2.75) is 52.1 Å². The van der Waals surface area contributed by atoms with E-state index < -0.39 is 22.3 Å². The number of hydrogen-bond acceptors (Lipinski definition) is 5. The predicted octanol–water partition coefficient (Wildman–Crippen LogP) is 4.48. The molecule has 25 heavy (non-hydrogen) atoms. The lowest BCUT2D eigenvalue weighted by molar-refractivity contribution is -0.384. The molecule has 136 valence electrons. The van der Waals surface area contributed by atoms with E-state index in [1.807, 2.05) is 19.9 Å². The second-order valence-electron chi connectivity index (χ2n) is 6.74. The van der Waals surface area contributed by atoms with Crippen LogP contribution in [0.3, 0.4) is 0 Å². The number of carbonyl (C=O) groups excluding carboxylic acids is 2. The minimum absolute atomic E-state index is 0.103. The number of allylic oxidation sites excluding steroid dienone is 1. The van der Waals surface area contributed by atoms with E-state index in [1.165, 1.54) is 24.3 Å². The van der Waals surface area contributed by atoms with Gasteiger partial charge in [-0.25, -0.2) is 0 Å². The maximum absolute atomic E-state index is 12.1. The van der Waals surface area contributed by atoms with Gasteiger partial charge in [-0.05, 0) is 51.2 Å². The number of esters is 1. The fraction of sp³-hybridized carbons (Fsp3) is 0.474. The molecular formula is C19H25NO5. The molecule has 1 aromatic carbocycles. The molecule has 6 heteroatoms. The van der Waals surface area contributed by atoms with Crippen molar-refractivity contribution in [1.29, 1.82) is 0 Å². The summed E-state index contributed by atoms with van der Waals surface area (Å²) in [6.07, 6.45) is 4.06. The Morgan fingerprint density at radius 3 is 2.44 bits per heavy atom. The van der Waals surface area contributed by atoms with Gasteiger partial charge in [0.1, 0.15) is 12.0 Å². The standard InChI is InChI=1S/C19H25NO5/c1-5-14(2)7-6-12-19(3,4)25-18(22)13-17(21)15-8-10-16(11-9-15)20(23)24/h5,8-11,14H,1,6-7,12-13H2,2-4H3. The van der Waals surface area contributed by atoms with E-state index in [1.54, 1.807) is 0 Å². The number of hydrogen-bond donors (Lipinski definition) is 0. The minimum atomic E-state index is -0.645. The Bertz CT molecular complexity index is 634. The molecule has 0 fully saturated rings. The summed E-state index contributed by atoms with van der Waals surface area (Å²) in [4.78, 5) is 34.1. The number of nitro groups is 1. The van der Waals surface area contributed by atoms with E-state index in [-0.39, 0.29) is 17.7 Å². The molecule has 0 N–H and O–H groups in total. The quantitative estimate of drug-likeness (QED) is 0.155. The van der Waals surface area contributed by atoms with Crippen LogP contribution in [0, 0.1) is 16.0 Å². The zero-order valence-corrected chi connectivity index (χ0v) is 15.0. The molecule has 0 aliphatic rings. The average Bonchev–Trinajstić information content (AvgIpc) is 2.53. The highest BCUT2D eigenvalue weighted by molar-refractivity contribution is 6.06. The lowest BCUT2D eigenvalue weighted by atomic mass is 9.96. The summed E-state index contributed by atoms with van der Waals surface area (Å²) in [6, 6.07) is 5.16. The van der Waals surface area contributed by atoms with Gasteiger partial charge in [0.2, 0.25) is 0 Å². The molecule has 0 spiro atoms. The van der Waals surface area contributed by atoms with Gasteiger partial charge in [-0.1, -0.05) is 13.0 Å². The number of Topliss-reactive ketones (excluding diaryl/α,β-unsaturated/α-hetero) is 1. The summed E-state index contributed by atoms with van der Waals surface area (Å²) in [6.45, 7) is 9.46. The summed E-state index contributed by atoms with van der Waals surface area (Å²) in [5, 5.41) is 10.6. The topological polar surface area (TPSA) is 86.5 Å². The van der Waals surface area contributed by atoms with Crippen LogP contribution in [0.5, 0.6) is 0 Å². The van der Waals surface area contributed by atoms with E-state index in [0.717, 1.165) is 12.8 Å². The third kappa shape index (κ3) is 7.28. The summed E-state index contributed by atoms with van der Waals surface area (Å²) in [5.41, 5.74) is -0.498. The van der Waals surface area contributed by atoms with Crippen LogP contribution in [-0.4, -0.2) is 22.3 Å². The third-order valence-corrected chi connectivity index (χ3v) is 3.94. The normalized spacial score (nSPS) is 12.3. The van der Waals surface area contributed by atoms with Crippen molar-refractivity contribution in [2.24, 2.45) is 5.92 Å². The molecule has 0 aliphatic heterocycles. The van der Waals surface area contributed by atoms with Crippen molar-refractivity contribution < 1.29 is 19.2 Å². The molecule has 0 heterocycles. The van der Waals surface area contributed by atoms with Crippen molar-refractivity contribution in [2.75, 3.05) is 0 Å². The van der Waals surface area contributed by atoms with Crippen molar-refractivity contribution in [3.05, 3.63) is 52.6 Å². The van der Waals surface area contributed by atoms with Crippen LogP contribution >= 0.6 is 0 Å². The van der Waals surface area contributed by atoms with Gasteiger partial charge >= 0.3 is 5.97 Å². The maximum atomic E-state index is 12.1. The molecule has 6 nitrogen and oxygen atoms in total. The van der Waals surface area contributed by atoms with E-state index in [4.69, 9.17) is 4.74 Å². The highest BCUT2D eigenvalue weighted by Gasteiger charge is 2.24. The lowest BCUT2D eigenvalue weighted by Crippen LogP contribution is -2.29. The third-order valence-electron chi connectivity index (χ3n) is 3.94. The van der Waals surface area contributed by atoms with Crippen LogP contribution in [0.15, 0.2) is 36.9 Å². The van der Waals surface area contributed by atoms with Gasteiger partial charge in [-0.2, -0.15) is 0 Å². The Morgan fingerprint density at radius 1 is 1.32 bits per heavy atom. The summed E-state index contributed by atoms with van der Waals surface area (Å²) in [5.74, 6) is -0.601. The number of rotatable bonds is 10. The van der Waals surface area contributed by atoms with Crippen LogP contribution < -0.4 is 0 Å². The van der Waals surface area contributed by atoms with Crippen molar-refractivity contribution >= 4 is 17.4 Å². The van der Waals surface area contributed by atoms with Gasteiger partial charge in [0.05, 0.1) is 4.92 Å². The smallest absolute Gasteiger partial charge is 0.314 e. The minimum Gasteiger partial charge on any atom is -0.459 e. The molecule has 0 bridgehead atoms. The first-order valence-corrected chi connectivity index (χ1v) is 8.26. The SMILES string of the molecule is C=CC(C)CCCC(C)(C)OC(=O)CC(=O)c1ccc([N+](=O)[O-])cc1. The number of non-ortho nitro benzene ring substituents is 1. The van der Waals surface area contributed by atoms with Crippen molar-refractivity contribution in [3.8, 4) is 0 Å². The summed E-state index contributed by atoms with van der Waals surface area (Å²) >= 11 is 0. The Balaban J connectivity index is 2.52. The van der Waals surface area contributed by atoms with Crippen molar-refractivity contribution in [3.63, 3.8) is 0 Å². The molecule has 0 radical (unpaired) electrons. The van der Waals surface area contributed by atoms with Crippen LogP contribution in [0.2, 0.25) is 0 Å². The first-order valence-electron chi connectivity index (χ1n) is 8.26. The van der Waals surface area contributed by atoms with Gasteiger partial charge in [-0.3, -0.25) is 19.7 Å². The Hall–Kier alpha value is -2.50. The zero-order chi connectivity index (χ0) is 19.0. The average molecular weight is 347 g/mol. The number of nitro benzene ring substituents is 1. The molecule has 1 rings (SSSR count). The monoisotopic (exact) mass is 347 g/mol. The number of ketones is 1. The van der Waals surface area contributed by atoms with Gasteiger partial charge in [0.15, 0.2) is 5.78 Å². The molecule has 1 atom stereocenters. The number of carbonyl (C=O) groups is 2. The highest BCUT2D eigenvalue weighted by atomic mass is 16.6. The lowest BCUT2D eigenvalue weighted by Gasteiger charge is -2.25. The van der Waals surface area contributed by atoms with Crippen LogP contribution in [0.1, 0.15) is 56.8 Å². The largest absolute Gasteiger partial charge is 0.459 e. The first kappa shape index (κ1) is 20.5. The van der Waals surface area contributed by atoms with E-state index in [9.17, 15) is 19.7 Å². The Kier molecular flexibility index (Phi) is 7.48. The fourth-order valence-corrected chi connectivity index (χ4v) is 2.37. The molecule has 1 aromatic rings. The second-order valence-corrected chi connectivity index (χ2v) is 6.74. The predicted molar refractivity (Wildman–Crippen MR) is 95.4 cm³/mol.